The molecular formula is C16H36N2. The molecule has 110 valence electrons. The Labute approximate surface area is 115 Å². The van der Waals surface area contributed by atoms with Crippen molar-refractivity contribution in [2.75, 3.05) is 20.6 Å². The largest absolute Gasteiger partial charge is 0.259 e. The standard InChI is InChI=1S/C16H36N2/c1-4-5-6-7-8-9-10-11-12-13-14-15-16-18(3)17-2/h17H,4-16H2,1-3H3. The summed E-state index contributed by atoms with van der Waals surface area (Å²) >= 11 is 0. The fourth-order valence-corrected chi connectivity index (χ4v) is 2.30. The molecule has 0 aromatic rings. The summed E-state index contributed by atoms with van der Waals surface area (Å²) in [6.45, 7) is 3.46. The molecule has 2 heteroatoms. The summed E-state index contributed by atoms with van der Waals surface area (Å²) in [5.41, 5.74) is 3.14. The zero-order valence-corrected chi connectivity index (χ0v) is 13.1. The smallest absolute Gasteiger partial charge is 0.0127 e. The third kappa shape index (κ3) is 14.0. The minimum atomic E-state index is 1.17. The first-order valence-electron chi connectivity index (χ1n) is 8.19. The van der Waals surface area contributed by atoms with Crippen molar-refractivity contribution in [3.8, 4) is 0 Å². The number of rotatable bonds is 14. The van der Waals surface area contributed by atoms with Crippen LogP contribution in [0.2, 0.25) is 0 Å². The quantitative estimate of drug-likeness (QED) is 0.356. The first-order valence-corrected chi connectivity index (χ1v) is 8.19. The van der Waals surface area contributed by atoms with Crippen LogP contribution >= 0.6 is 0 Å². The molecule has 0 radical (unpaired) electrons. The maximum Gasteiger partial charge on any atom is 0.0127 e. The van der Waals surface area contributed by atoms with Crippen molar-refractivity contribution in [3.63, 3.8) is 0 Å². The molecule has 0 heterocycles. The maximum atomic E-state index is 3.14. The maximum absolute atomic E-state index is 3.14. The first kappa shape index (κ1) is 17.9. The van der Waals surface area contributed by atoms with Gasteiger partial charge in [-0.1, -0.05) is 77.6 Å². The Balaban J connectivity index is 2.94. The number of hydrogen-bond acceptors (Lipinski definition) is 2. The van der Waals surface area contributed by atoms with Gasteiger partial charge in [0.05, 0.1) is 0 Å². The zero-order chi connectivity index (χ0) is 13.5. The van der Waals surface area contributed by atoms with Crippen LogP contribution in [0.5, 0.6) is 0 Å². The van der Waals surface area contributed by atoms with E-state index >= 15 is 0 Å². The summed E-state index contributed by atoms with van der Waals surface area (Å²) in [6, 6.07) is 0. The molecule has 0 atom stereocenters. The third-order valence-corrected chi connectivity index (χ3v) is 3.73. The highest BCUT2D eigenvalue weighted by atomic mass is 15.5. The molecule has 0 saturated heterocycles. The van der Waals surface area contributed by atoms with Crippen molar-refractivity contribution in [2.24, 2.45) is 0 Å². The highest BCUT2D eigenvalue weighted by Gasteiger charge is 1.95. The van der Waals surface area contributed by atoms with Gasteiger partial charge in [0.2, 0.25) is 0 Å². The van der Waals surface area contributed by atoms with Crippen LogP contribution in [0.25, 0.3) is 0 Å². The van der Waals surface area contributed by atoms with Gasteiger partial charge in [0.15, 0.2) is 0 Å². The molecular weight excluding hydrogens is 220 g/mol. The molecule has 0 aliphatic heterocycles. The molecule has 2 nitrogen and oxygen atoms in total. The van der Waals surface area contributed by atoms with Gasteiger partial charge < -0.3 is 0 Å². The summed E-state index contributed by atoms with van der Waals surface area (Å²) in [5.74, 6) is 0. The number of unbranched alkanes of at least 4 members (excludes halogenated alkanes) is 11. The Morgan fingerprint density at radius 2 is 1.06 bits per heavy atom. The van der Waals surface area contributed by atoms with Crippen molar-refractivity contribution in [1.29, 1.82) is 0 Å². The molecule has 18 heavy (non-hydrogen) atoms. The molecule has 0 aliphatic carbocycles. The van der Waals surface area contributed by atoms with Crippen molar-refractivity contribution in [1.82, 2.24) is 10.4 Å². The van der Waals surface area contributed by atoms with Crippen molar-refractivity contribution in [3.05, 3.63) is 0 Å². The number of nitrogens with zero attached hydrogens (tertiary/aromatic N) is 1. The Morgan fingerprint density at radius 1 is 0.667 bits per heavy atom. The SMILES string of the molecule is CCCCCCCCCCCCCCN(C)NC. The second-order valence-corrected chi connectivity index (χ2v) is 5.53. The van der Waals surface area contributed by atoms with Gasteiger partial charge in [-0.2, -0.15) is 0 Å². The zero-order valence-electron chi connectivity index (χ0n) is 13.1. The molecule has 0 aromatic carbocycles. The number of hydrogen-bond donors (Lipinski definition) is 1. The molecule has 0 unspecified atom stereocenters. The molecule has 0 aromatic heterocycles. The number of hydrazine groups is 1. The normalized spacial score (nSPS) is 11.3. The summed E-state index contributed by atoms with van der Waals surface area (Å²) < 4.78 is 0. The van der Waals surface area contributed by atoms with E-state index in [1.807, 2.05) is 7.05 Å². The van der Waals surface area contributed by atoms with E-state index in [2.05, 4.69) is 24.4 Å². The molecule has 1 N–H and O–H groups in total. The highest BCUT2D eigenvalue weighted by molar-refractivity contribution is 4.49. The van der Waals surface area contributed by atoms with Gasteiger partial charge >= 0.3 is 0 Å². The molecule has 0 aliphatic rings. The van der Waals surface area contributed by atoms with E-state index in [1.165, 1.54) is 83.6 Å². The van der Waals surface area contributed by atoms with Gasteiger partial charge in [-0.15, -0.1) is 0 Å². The van der Waals surface area contributed by atoms with E-state index in [9.17, 15) is 0 Å². The average molecular weight is 256 g/mol. The third-order valence-electron chi connectivity index (χ3n) is 3.73. The monoisotopic (exact) mass is 256 g/mol. The summed E-state index contributed by atoms with van der Waals surface area (Å²) in [7, 11) is 4.10. The van der Waals surface area contributed by atoms with Crippen LogP contribution < -0.4 is 5.43 Å². The Hall–Kier alpha value is -0.0800. The lowest BCUT2D eigenvalue weighted by molar-refractivity contribution is 0.254. The van der Waals surface area contributed by atoms with Gasteiger partial charge in [-0.05, 0) is 13.5 Å². The lowest BCUT2D eigenvalue weighted by Crippen LogP contribution is -2.31. The molecule has 0 amide bonds. The molecule has 0 bridgehead atoms. The lowest BCUT2D eigenvalue weighted by Gasteiger charge is -2.14. The van der Waals surface area contributed by atoms with E-state index in [1.54, 1.807) is 0 Å². The topological polar surface area (TPSA) is 15.3 Å². The Morgan fingerprint density at radius 3 is 1.44 bits per heavy atom. The second-order valence-electron chi connectivity index (χ2n) is 5.53. The molecule has 0 rings (SSSR count). The lowest BCUT2D eigenvalue weighted by atomic mass is 10.1. The van der Waals surface area contributed by atoms with Crippen LogP contribution in [-0.4, -0.2) is 25.6 Å². The minimum absolute atomic E-state index is 1.17. The van der Waals surface area contributed by atoms with Gasteiger partial charge in [-0.25, -0.2) is 5.01 Å². The minimum Gasteiger partial charge on any atom is -0.259 e. The van der Waals surface area contributed by atoms with Crippen molar-refractivity contribution in [2.45, 2.75) is 84.0 Å². The second kappa shape index (κ2) is 15.0. The van der Waals surface area contributed by atoms with Crippen LogP contribution in [-0.2, 0) is 0 Å². The van der Waals surface area contributed by atoms with Gasteiger partial charge in [0.25, 0.3) is 0 Å². The fraction of sp³-hybridized carbons (Fsp3) is 1.00. The van der Waals surface area contributed by atoms with E-state index in [0.29, 0.717) is 0 Å². The first-order chi connectivity index (χ1) is 8.81. The van der Waals surface area contributed by atoms with E-state index in [0.717, 1.165) is 0 Å². The average Bonchev–Trinajstić information content (AvgIpc) is 2.39. The molecule has 0 fully saturated rings. The predicted molar refractivity (Wildman–Crippen MR) is 82.8 cm³/mol. The van der Waals surface area contributed by atoms with Gasteiger partial charge in [0, 0.05) is 13.6 Å². The van der Waals surface area contributed by atoms with Crippen LogP contribution in [0.1, 0.15) is 84.0 Å². The predicted octanol–water partition coefficient (Wildman–Crippen LogP) is 4.75. The summed E-state index contributed by atoms with van der Waals surface area (Å²) in [4.78, 5) is 0. The van der Waals surface area contributed by atoms with Crippen molar-refractivity contribution < 1.29 is 0 Å². The van der Waals surface area contributed by atoms with Gasteiger partial charge in [0.1, 0.15) is 0 Å². The summed E-state index contributed by atoms with van der Waals surface area (Å²) in [6.07, 6.45) is 17.1. The summed E-state index contributed by atoms with van der Waals surface area (Å²) in [5, 5.41) is 2.16. The van der Waals surface area contributed by atoms with Crippen molar-refractivity contribution >= 4 is 0 Å². The Bertz CT molecular complexity index is 148. The van der Waals surface area contributed by atoms with Gasteiger partial charge in [-0.3, -0.25) is 5.43 Å². The molecule has 0 saturated carbocycles. The van der Waals surface area contributed by atoms with Crippen LogP contribution in [0.15, 0.2) is 0 Å². The Kier molecular flexibility index (Phi) is 14.9. The van der Waals surface area contributed by atoms with E-state index < -0.39 is 0 Å². The number of nitrogens with one attached hydrogen (secondary N) is 1. The fourth-order valence-electron chi connectivity index (χ4n) is 2.30. The van der Waals surface area contributed by atoms with Crippen LogP contribution in [0.4, 0.5) is 0 Å². The van der Waals surface area contributed by atoms with E-state index in [-0.39, 0.29) is 0 Å². The van der Waals surface area contributed by atoms with Crippen LogP contribution in [0, 0.1) is 0 Å². The van der Waals surface area contributed by atoms with E-state index in [4.69, 9.17) is 0 Å². The highest BCUT2D eigenvalue weighted by Crippen LogP contribution is 2.11. The molecule has 0 spiro atoms. The van der Waals surface area contributed by atoms with Crippen LogP contribution in [0.3, 0.4) is 0 Å².